The summed E-state index contributed by atoms with van der Waals surface area (Å²) in [5.41, 5.74) is 6.53. The maximum Gasteiger partial charge on any atom is 0.323 e. The summed E-state index contributed by atoms with van der Waals surface area (Å²) in [5, 5.41) is 24.9. The molecule has 0 saturated carbocycles. The van der Waals surface area contributed by atoms with Gasteiger partial charge in [-0.05, 0) is 31.0 Å². The number of benzene rings is 1. The van der Waals surface area contributed by atoms with Crippen LogP contribution in [-0.4, -0.2) is 45.9 Å². The number of hydrogen-bond acceptors (Lipinski definition) is 6. The van der Waals surface area contributed by atoms with Crippen LogP contribution in [0.2, 0.25) is 0 Å². The minimum atomic E-state index is -1.08. The molecule has 0 bridgehead atoms. The topological polar surface area (TPSA) is 147 Å². The largest absolute Gasteiger partial charge is 0.508 e. The predicted octanol–water partition coefficient (Wildman–Crippen LogP) is 0.761. The van der Waals surface area contributed by atoms with Crippen LogP contribution in [0, 0.1) is 0 Å². The number of carbonyl (C=O) groups excluding carboxylic acids is 1. The van der Waals surface area contributed by atoms with E-state index in [-0.39, 0.29) is 18.6 Å². The number of nitrogens with two attached hydrogens (primary N) is 1. The van der Waals surface area contributed by atoms with E-state index < -0.39 is 23.9 Å². The van der Waals surface area contributed by atoms with Crippen LogP contribution in [0.5, 0.6) is 5.75 Å². The minimum Gasteiger partial charge on any atom is -0.508 e. The molecule has 0 spiro atoms. The van der Waals surface area contributed by atoms with Gasteiger partial charge in [0.15, 0.2) is 0 Å². The highest BCUT2D eigenvalue weighted by molar-refractivity contribution is 5.76. The van der Waals surface area contributed by atoms with Gasteiger partial charge < -0.3 is 25.8 Å². The fourth-order valence-corrected chi connectivity index (χ4v) is 1.43. The SMILES string of the molecule is CCOC(=O)C(N)Cc1ccc(O)cc1.O=C(O)CCC(=O)O. The molecule has 0 aromatic heterocycles. The normalized spacial score (nSPS) is 10.9. The van der Waals surface area contributed by atoms with Gasteiger partial charge in [-0.15, -0.1) is 0 Å². The summed E-state index contributed by atoms with van der Waals surface area (Å²) in [6.07, 6.45) is -0.177. The molecule has 128 valence electrons. The molecule has 8 nitrogen and oxygen atoms in total. The van der Waals surface area contributed by atoms with E-state index in [1.54, 1.807) is 31.2 Å². The summed E-state index contributed by atoms with van der Waals surface area (Å²) in [6.45, 7) is 2.08. The minimum absolute atomic E-state index is 0.198. The highest BCUT2D eigenvalue weighted by Crippen LogP contribution is 2.11. The summed E-state index contributed by atoms with van der Waals surface area (Å²) in [4.78, 5) is 30.5. The van der Waals surface area contributed by atoms with Crippen molar-refractivity contribution in [1.82, 2.24) is 0 Å². The number of carbonyl (C=O) groups is 3. The van der Waals surface area contributed by atoms with Crippen molar-refractivity contribution in [3.05, 3.63) is 29.8 Å². The number of rotatable bonds is 7. The highest BCUT2D eigenvalue weighted by atomic mass is 16.5. The van der Waals surface area contributed by atoms with E-state index in [2.05, 4.69) is 0 Å². The molecule has 0 radical (unpaired) electrons. The molecule has 0 aliphatic rings. The Bertz CT molecular complexity index is 499. The van der Waals surface area contributed by atoms with Crippen LogP contribution in [-0.2, 0) is 25.5 Å². The number of ether oxygens (including phenoxy) is 1. The Labute approximate surface area is 133 Å². The molecule has 0 aliphatic heterocycles. The maximum absolute atomic E-state index is 11.2. The van der Waals surface area contributed by atoms with Gasteiger partial charge in [0.1, 0.15) is 11.8 Å². The van der Waals surface area contributed by atoms with Crippen molar-refractivity contribution < 1.29 is 34.4 Å². The van der Waals surface area contributed by atoms with Crippen molar-refractivity contribution in [2.24, 2.45) is 5.73 Å². The van der Waals surface area contributed by atoms with Crippen LogP contribution in [0.4, 0.5) is 0 Å². The smallest absolute Gasteiger partial charge is 0.323 e. The number of phenols is 1. The zero-order valence-electron chi connectivity index (χ0n) is 12.8. The van der Waals surface area contributed by atoms with Crippen LogP contribution >= 0.6 is 0 Å². The van der Waals surface area contributed by atoms with Gasteiger partial charge in [0.25, 0.3) is 0 Å². The summed E-state index contributed by atoms with van der Waals surface area (Å²) in [7, 11) is 0. The number of aromatic hydroxyl groups is 1. The Kier molecular flexibility index (Phi) is 9.77. The molecule has 1 aromatic carbocycles. The van der Waals surface area contributed by atoms with Crippen molar-refractivity contribution in [2.75, 3.05) is 6.61 Å². The molecule has 1 unspecified atom stereocenters. The second kappa shape index (κ2) is 11.0. The summed E-state index contributed by atoms with van der Waals surface area (Å²) >= 11 is 0. The van der Waals surface area contributed by atoms with Crippen LogP contribution in [0.1, 0.15) is 25.3 Å². The molecule has 0 aliphatic carbocycles. The van der Waals surface area contributed by atoms with Crippen molar-refractivity contribution in [2.45, 2.75) is 32.2 Å². The zero-order chi connectivity index (χ0) is 17.8. The van der Waals surface area contributed by atoms with Crippen LogP contribution in [0.15, 0.2) is 24.3 Å². The number of esters is 1. The molecule has 1 rings (SSSR count). The summed E-state index contributed by atoms with van der Waals surface area (Å²) in [6, 6.07) is 5.94. The highest BCUT2D eigenvalue weighted by Gasteiger charge is 2.14. The Morgan fingerprint density at radius 3 is 1.96 bits per heavy atom. The van der Waals surface area contributed by atoms with Crippen LogP contribution in [0.25, 0.3) is 0 Å². The maximum atomic E-state index is 11.2. The summed E-state index contributed by atoms with van der Waals surface area (Å²) in [5.74, 6) is -2.35. The van der Waals surface area contributed by atoms with Gasteiger partial charge in [-0.2, -0.15) is 0 Å². The lowest BCUT2D eigenvalue weighted by Crippen LogP contribution is -2.34. The monoisotopic (exact) mass is 327 g/mol. The van der Waals surface area contributed by atoms with Gasteiger partial charge in [0, 0.05) is 0 Å². The average molecular weight is 327 g/mol. The predicted molar refractivity (Wildman–Crippen MR) is 80.9 cm³/mol. The van der Waals surface area contributed by atoms with Gasteiger partial charge in [-0.1, -0.05) is 12.1 Å². The van der Waals surface area contributed by atoms with E-state index in [1.165, 1.54) is 0 Å². The lowest BCUT2D eigenvalue weighted by atomic mass is 10.1. The third kappa shape index (κ3) is 10.7. The van der Waals surface area contributed by atoms with E-state index in [1.807, 2.05) is 0 Å². The zero-order valence-corrected chi connectivity index (χ0v) is 12.8. The molecule has 1 aromatic rings. The number of carboxylic acid groups (broad SMARTS) is 2. The average Bonchev–Trinajstić information content (AvgIpc) is 2.48. The Balaban J connectivity index is 0.000000515. The Morgan fingerprint density at radius 1 is 1.09 bits per heavy atom. The molecule has 5 N–H and O–H groups in total. The molecule has 1 atom stereocenters. The lowest BCUT2D eigenvalue weighted by molar-refractivity contribution is -0.144. The van der Waals surface area contributed by atoms with E-state index in [0.29, 0.717) is 13.0 Å². The Morgan fingerprint density at radius 2 is 1.57 bits per heavy atom. The number of hydrogen-bond donors (Lipinski definition) is 4. The van der Waals surface area contributed by atoms with E-state index in [9.17, 15) is 14.4 Å². The van der Waals surface area contributed by atoms with Gasteiger partial charge in [0.2, 0.25) is 0 Å². The standard InChI is InChI=1S/C11H15NO3.C4H6O4/c1-2-15-11(14)10(12)7-8-3-5-9(13)6-4-8;5-3(6)1-2-4(7)8/h3-6,10,13H,2,7,12H2,1H3;1-2H2,(H,5,6)(H,7,8). The molecular weight excluding hydrogens is 306 g/mol. The first-order valence-corrected chi connectivity index (χ1v) is 6.90. The molecule has 0 fully saturated rings. The molecule has 0 heterocycles. The second-order valence-electron chi connectivity index (χ2n) is 4.52. The molecule has 8 heteroatoms. The van der Waals surface area contributed by atoms with E-state index in [4.69, 9.17) is 25.8 Å². The molecule has 0 saturated heterocycles. The van der Waals surface area contributed by atoms with E-state index >= 15 is 0 Å². The van der Waals surface area contributed by atoms with Gasteiger partial charge in [0.05, 0.1) is 19.4 Å². The van der Waals surface area contributed by atoms with Gasteiger partial charge >= 0.3 is 17.9 Å². The molecule has 23 heavy (non-hydrogen) atoms. The van der Waals surface area contributed by atoms with Crippen LogP contribution < -0.4 is 5.73 Å². The van der Waals surface area contributed by atoms with E-state index in [0.717, 1.165) is 5.56 Å². The number of carboxylic acids is 2. The second-order valence-corrected chi connectivity index (χ2v) is 4.52. The first-order valence-electron chi connectivity index (χ1n) is 6.90. The van der Waals surface area contributed by atoms with Gasteiger partial charge in [-0.3, -0.25) is 14.4 Å². The summed E-state index contributed by atoms with van der Waals surface area (Å²) < 4.78 is 4.79. The van der Waals surface area contributed by atoms with Crippen LogP contribution in [0.3, 0.4) is 0 Å². The van der Waals surface area contributed by atoms with Crippen molar-refractivity contribution in [3.8, 4) is 5.75 Å². The van der Waals surface area contributed by atoms with Crippen molar-refractivity contribution in [3.63, 3.8) is 0 Å². The fourth-order valence-electron chi connectivity index (χ4n) is 1.43. The first kappa shape index (κ1) is 20.4. The lowest BCUT2D eigenvalue weighted by Gasteiger charge is -2.10. The van der Waals surface area contributed by atoms with Gasteiger partial charge in [-0.25, -0.2) is 0 Å². The quantitative estimate of drug-likeness (QED) is 0.537. The third-order valence-corrected chi connectivity index (χ3v) is 2.53. The number of aliphatic carboxylic acids is 2. The first-order chi connectivity index (χ1) is 10.8. The van der Waals surface area contributed by atoms with Crippen molar-refractivity contribution >= 4 is 17.9 Å². The number of phenolic OH excluding ortho intramolecular Hbond substituents is 1. The Hall–Kier alpha value is -2.61. The third-order valence-electron chi connectivity index (χ3n) is 2.53. The van der Waals surface area contributed by atoms with Crippen molar-refractivity contribution in [1.29, 1.82) is 0 Å². The molecular formula is C15H21NO7. The fraction of sp³-hybridized carbons (Fsp3) is 0.400. The molecule has 0 amide bonds.